The highest BCUT2D eigenvalue weighted by atomic mass is 28.4. The van der Waals surface area contributed by atoms with Gasteiger partial charge in [0, 0.05) is 23.0 Å². The Kier molecular flexibility index (Phi) is 5.74. The van der Waals surface area contributed by atoms with E-state index >= 15 is 0 Å². The van der Waals surface area contributed by atoms with Gasteiger partial charge < -0.3 is 9.33 Å². The molecular formula is C22H28N2OSi. The van der Waals surface area contributed by atoms with Crippen LogP contribution in [-0.2, 0) is 10.8 Å². The number of hydrogen-bond acceptors (Lipinski definition) is 3. The largest absolute Gasteiger partial charge is 0.400 e. The van der Waals surface area contributed by atoms with Gasteiger partial charge in [-0.3, -0.25) is 4.98 Å². The summed E-state index contributed by atoms with van der Waals surface area (Å²) in [6, 6.07) is 19.2. The molecule has 136 valence electrons. The van der Waals surface area contributed by atoms with Gasteiger partial charge in [0.2, 0.25) is 0 Å². The van der Waals surface area contributed by atoms with Gasteiger partial charge in [-0.1, -0.05) is 31.5 Å². The predicted octanol–water partition coefficient (Wildman–Crippen LogP) is 6.13. The zero-order valence-corrected chi connectivity index (χ0v) is 17.2. The summed E-state index contributed by atoms with van der Waals surface area (Å²) in [7, 11) is -1.61. The van der Waals surface area contributed by atoms with Crippen molar-refractivity contribution in [2.45, 2.75) is 39.4 Å². The fourth-order valence-corrected chi connectivity index (χ4v) is 3.44. The molecule has 0 aliphatic carbocycles. The number of anilines is 2. The molecule has 0 bridgehead atoms. The Bertz CT molecular complexity index is 859. The number of aromatic nitrogens is 1. The first kappa shape index (κ1) is 18.6. The number of para-hydroxylation sites is 1. The second-order valence-corrected chi connectivity index (χ2v) is 12.1. The Balaban J connectivity index is 1.99. The van der Waals surface area contributed by atoms with Crippen molar-refractivity contribution >= 4 is 30.6 Å². The van der Waals surface area contributed by atoms with E-state index in [4.69, 9.17) is 4.43 Å². The zero-order valence-electron chi connectivity index (χ0n) is 16.2. The number of aryl methyl sites for hydroxylation is 1. The molecule has 0 unspecified atom stereocenters. The van der Waals surface area contributed by atoms with Gasteiger partial charge in [-0.05, 0) is 68.0 Å². The van der Waals surface area contributed by atoms with Gasteiger partial charge >= 0.3 is 0 Å². The number of benzene rings is 2. The van der Waals surface area contributed by atoms with Crippen molar-refractivity contribution in [3.63, 3.8) is 0 Å². The Morgan fingerprint density at radius 1 is 0.962 bits per heavy atom. The average Bonchev–Trinajstić information content (AvgIpc) is 2.62. The minimum absolute atomic E-state index is 0.563. The fourth-order valence-electron chi connectivity index (χ4n) is 2.92. The van der Waals surface area contributed by atoms with Crippen molar-refractivity contribution in [2.24, 2.45) is 0 Å². The SMILES string of the molecule is CCCc1cnc2ccc(N(CO[Si](C)(C)C)c3ccccc3)cc2c1. The lowest BCUT2D eigenvalue weighted by Crippen LogP contribution is -2.32. The third-order valence-electron chi connectivity index (χ3n) is 4.27. The van der Waals surface area contributed by atoms with Crippen LogP contribution in [0.2, 0.25) is 19.6 Å². The molecular weight excluding hydrogens is 336 g/mol. The molecule has 0 aliphatic rings. The van der Waals surface area contributed by atoms with Crippen LogP contribution in [0, 0.1) is 0 Å². The molecule has 2 aromatic carbocycles. The van der Waals surface area contributed by atoms with E-state index < -0.39 is 8.32 Å². The Hall–Kier alpha value is -2.17. The molecule has 3 aromatic rings. The summed E-state index contributed by atoms with van der Waals surface area (Å²) < 4.78 is 6.22. The van der Waals surface area contributed by atoms with Crippen molar-refractivity contribution < 1.29 is 4.43 Å². The van der Waals surface area contributed by atoms with E-state index in [1.165, 1.54) is 10.9 Å². The highest BCUT2D eigenvalue weighted by Crippen LogP contribution is 2.29. The van der Waals surface area contributed by atoms with E-state index in [-0.39, 0.29) is 0 Å². The van der Waals surface area contributed by atoms with Crippen LogP contribution >= 0.6 is 0 Å². The third kappa shape index (κ3) is 4.71. The second-order valence-electron chi connectivity index (χ2n) is 7.62. The van der Waals surface area contributed by atoms with Gasteiger partial charge in [-0.2, -0.15) is 0 Å². The normalized spacial score (nSPS) is 11.7. The lowest BCUT2D eigenvalue weighted by molar-refractivity contribution is 0.321. The molecule has 1 heterocycles. The molecule has 0 amide bonds. The van der Waals surface area contributed by atoms with Crippen molar-refractivity contribution in [1.82, 2.24) is 4.98 Å². The molecule has 3 rings (SSSR count). The predicted molar refractivity (Wildman–Crippen MR) is 114 cm³/mol. The minimum Gasteiger partial charge on any atom is -0.400 e. The van der Waals surface area contributed by atoms with Crippen LogP contribution in [0.15, 0.2) is 60.8 Å². The van der Waals surface area contributed by atoms with Crippen LogP contribution in [0.25, 0.3) is 10.9 Å². The molecule has 0 aliphatic heterocycles. The molecule has 0 saturated carbocycles. The van der Waals surface area contributed by atoms with E-state index in [9.17, 15) is 0 Å². The van der Waals surface area contributed by atoms with Gasteiger partial charge in [0.25, 0.3) is 0 Å². The molecule has 4 heteroatoms. The number of rotatable bonds is 7. The summed E-state index contributed by atoms with van der Waals surface area (Å²) in [5.41, 5.74) is 4.61. The van der Waals surface area contributed by atoms with Crippen LogP contribution in [-0.4, -0.2) is 20.0 Å². The van der Waals surface area contributed by atoms with Crippen molar-refractivity contribution in [3.05, 3.63) is 66.4 Å². The van der Waals surface area contributed by atoms with E-state index in [2.05, 4.69) is 85.0 Å². The lowest BCUT2D eigenvalue weighted by Gasteiger charge is -2.29. The number of hydrogen-bond donors (Lipinski definition) is 0. The summed E-state index contributed by atoms with van der Waals surface area (Å²) in [6.07, 6.45) is 4.19. The summed E-state index contributed by atoms with van der Waals surface area (Å²) in [5.74, 6) is 0. The molecule has 26 heavy (non-hydrogen) atoms. The maximum absolute atomic E-state index is 6.22. The number of nitrogens with zero attached hydrogens (tertiary/aromatic N) is 2. The molecule has 0 N–H and O–H groups in total. The molecule has 0 atom stereocenters. The van der Waals surface area contributed by atoms with E-state index in [1.807, 2.05) is 12.3 Å². The summed E-state index contributed by atoms with van der Waals surface area (Å²) in [6.45, 7) is 9.42. The number of pyridine rings is 1. The summed E-state index contributed by atoms with van der Waals surface area (Å²) >= 11 is 0. The molecule has 3 nitrogen and oxygen atoms in total. The van der Waals surface area contributed by atoms with Crippen LogP contribution in [0.5, 0.6) is 0 Å². The van der Waals surface area contributed by atoms with Crippen molar-refractivity contribution in [1.29, 1.82) is 0 Å². The van der Waals surface area contributed by atoms with Gasteiger partial charge in [0.05, 0.1) is 5.52 Å². The summed E-state index contributed by atoms with van der Waals surface area (Å²) in [4.78, 5) is 6.86. The standard InChI is InChI=1S/C22H28N2OSi/c1-5-9-18-14-19-15-21(12-13-22(19)23-16-18)24(17-25-26(2,3)4)20-10-7-6-8-11-20/h6-8,10-16H,5,9,17H2,1-4H3. The Labute approximate surface area is 157 Å². The lowest BCUT2D eigenvalue weighted by atomic mass is 10.1. The maximum Gasteiger partial charge on any atom is 0.186 e. The molecule has 1 aromatic heterocycles. The maximum atomic E-state index is 6.22. The fraction of sp³-hybridized carbons (Fsp3) is 0.318. The minimum atomic E-state index is -1.61. The number of fused-ring (bicyclic) bond motifs is 1. The first-order chi connectivity index (χ1) is 12.5. The summed E-state index contributed by atoms with van der Waals surface area (Å²) in [5, 5.41) is 1.18. The molecule has 0 radical (unpaired) electrons. The van der Waals surface area contributed by atoms with E-state index in [1.54, 1.807) is 0 Å². The van der Waals surface area contributed by atoms with E-state index in [0.29, 0.717) is 6.73 Å². The zero-order chi connectivity index (χ0) is 18.6. The smallest absolute Gasteiger partial charge is 0.186 e. The first-order valence-corrected chi connectivity index (χ1v) is 12.7. The second kappa shape index (κ2) is 8.02. The van der Waals surface area contributed by atoms with Crippen LogP contribution in [0.4, 0.5) is 11.4 Å². The van der Waals surface area contributed by atoms with Gasteiger partial charge in [0.1, 0.15) is 6.73 Å². The van der Waals surface area contributed by atoms with E-state index in [0.717, 1.165) is 29.7 Å². The van der Waals surface area contributed by atoms with Crippen molar-refractivity contribution in [2.75, 3.05) is 11.6 Å². The monoisotopic (exact) mass is 364 g/mol. The van der Waals surface area contributed by atoms with Crippen LogP contribution in [0.1, 0.15) is 18.9 Å². The van der Waals surface area contributed by atoms with Crippen molar-refractivity contribution in [3.8, 4) is 0 Å². The van der Waals surface area contributed by atoms with Crippen LogP contribution in [0.3, 0.4) is 0 Å². The van der Waals surface area contributed by atoms with Gasteiger partial charge in [-0.15, -0.1) is 0 Å². The molecule has 0 spiro atoms. The van der Waals surface area contributed by atoms with Crippen LogP contribution < -0.4 is 4.90 Å². The highest BCUT2D eigenvalue weighted by molar-refractivity contribution is 6.69. The Morgan fingerprint density at radius 2 is 1.73 bits per heavy atom. The quantitative estimate of drug-likeness (QED) is 0.372. The average molecular weight is 365 g/mol. The topological polar surface area (TPSA) is 25.4 Å². The Morgan fingerprint density at radius 3 is 2.42 bits per heavy atom. The molecule has 0 saturated heterocycles. The van der Waals surface area contributed by atoms with Gasteiger partial charge in [-0.25, -0.2) is 0 Å². The van der Waals surface area contributed by atoms with Gasteiger partial charge in [0.15, 0.2) is 8.32 Å². The third-order valence-corrected chi connectivity index (χ3v) is 5.26. The highest BCUT2D eigenvalue weighted by Gasteiger charge is 2.18. The molecule has 0 fully saturated rings. The first-order valence-electron chi connectivity index (χ1n) is 9.31.